The van der Waals surface area contributed by atoms with E-state index in [0.29, 0.717) is 6.54 Å². The third-order valence-electron chi connectivity index (χ3n) is 2.85. The van der Waals surface area contributed by atoms with Gasteiger partial charge in [-0.05, 0) is 24.0 Å². The van der Waals surface area contributed by atoms with Crippen LogP contribution >= 0.6 is 0 Å². The largest absolute Gasteiger partial charge is 0.285 e. The number of carbonyl (C=O) groups is 1. The molecule has 2 aliphatic heterocycles. The topological polar surface area (TPSA) is 57.1 Å². The molecule has 3 rings (SSSR count). The molecule has 0 fully saturated rings. The van der Waals surface area contributed by atoms with Crippen LogP contribution in [0.3, 0.4) is 0 Å². The summed E-state index contributed by atoms with van der Waals surface area (Å²) in [6.07, 6.45) is 6.34. The van der Waals surface area contributed by atoms with Crippen LogP contribution in [-0.4, -0.2) is 29.9 Å². The van der Waals surface area contributed by atoms with Gasteiger partial charge in [0.15, 0.2) is 0 Å². The quantitative estimate of drug-likeness (QED) is 0.625. The van der Waals surface area contributed by atoms with Crippen molar-refractivity contribution in [2.45, 2.75) is 12.8 Å². The van der Waals surface area contributed by atoms with Crippen LogP contribution in [0.25, 0.3) is 0 Å². The van der Waals surface area contributed by atoms with Crippen LogP contribution in [-0.2, 0) is 4.79 Å². The Kier molecular flexibility index (Phi) is 1.71. The molecule has 0 unspecified atom stereocenters. The molecule has 76 valence electrons. The molecule has 0 aromatic rings. The van der Waals surface area contributed by atoms with E-state index in [-0.39, 0.29) is 0 Å². The molecule has 5 heteroatoms. The van der Waals surface area contributed by atoms with Crippen molar-refractivity contribution >= 4 is 18.3 Å². The van der Waals surface area contributed by atoms with Crippen LogP contribution in [0.15, 0.2) is 33.1 Å². The number of nitrogens with zero attached hydrogens (tertiary/aromatic N) is 3. The lowest BCUT2D eigenvalue weighted by Crippen LogP contribution is -2.17. The number of allylic oxidation sites excluding steroid dienone is 2. The Morgan fingerprint density at radius 3 is 3.27 bits per heavy atom. The molecular formula is C10H10N4O. The highest BCUT2D eigenvalue weighted by atomic mass is 16.1. The fourth-order valence-corrected chi connectivity index (χ4v) is 2.17. The molecule has 0 radical (unpaired) electrons. The first-order valence-corrected chi connectivity index (χ1v) is 4.89. The fraction of sp³-hybridized carbons (Fsp3) is 0.300. The summed E-state index contributed by atoms with van der Waals surface area (Å²) in [5.41, 5.74) is 7.41. The highest BCUT2D eigenvalue weighted by Crippen LogP contribution is 2.34. The van der Waals surface area contributed by atoms with Gasteiger partial charge in [-0.2, -0.15) is 10.2 Å². The van der Waals surface area contributed by atoms with Crippen molar-refractivity contribution < 1.29 is 4.79 Å². The molecule has 2 heterocycles. The number of hydrogen-bond acceptors (Lipinski definition) is 4. The molecule has 0 aromatic heterocycles. The molecule has 0 saturated carbocycles. The van der Waals surface area contributed by atoms with Gasteiger partial charge in [0, 0.05) is 11.8 Å². The zero-order valence-electron chi connectivity index (χ0n) is 8.10. The van der Waals surface area contributed by atoms with E-state index in [1.807, 2.05) is 6.20 Å². The van der Waals surface area contributed by atoms with Crippen LogP contribution in [0.1, 0.15) is 12.8 Å². The Bertz CT molecular complexity index is 444. The first-order valence-electron chi connectivity index (χ1n) is 4.89. The third-order valence-corrected chi connectivity index (χ3v) is 2.85. The first kappa shape index (κ1) is 8.40. The zero-order chi connectivity index (χ0) is 10.3. The van der Waals surface area contributed by atoms with Crippen LogP contribution in [0.4, 0.5) is 0 Å². The lowest BCUT2D eigenvalue weighted by atomic mass is 10.0. The second-order valence-electron chi connectivity index (χ2n) is 3.72. The summed E-state index contributed by atoms with van der Waals surface area (Å²) in [6.45, 7) is 0.589. The highest BCUT2D eigenvalue weighted by Gasteiger charge is 2.28. The molecule has 0 aromatic carbocycles. The molecule has 1 amide bonds. The monoisotopic (exact) mass is 202 g/mol. The van der Waals surface area contributed by atoms with Crippen LogP contribution in [0.5, 0.6) is 0 Å². The smallest absolute Gasteiger partial charge is 0.230 e. The molecular weight excluding hydrogens is 192 g/mol. The van der Waals surface area contributed by atoms with Crippen LogP contribution in [0.2, 0.25) is 0 Å². The van der Waals surface area contributed by atoms with Gasteiger partial charge >= 0.3 is 0 Å². The summed E-state index contributed by atoms with van der Waals surface area (Å²) in [5.74, 6) is 0. The van der Waals surface area contributed by atoms with Gasteiger partial charge in [0.25, 0.3) is 0 Å². The standard InChI is InChI=1S/C10H10N4O/c15-6-14-5-8-2-1-7-3-11-13-9(4-12-14)10(7)8/h3-4,6,11H,1-2,5H2. The normalized spacial score (nSPS) is 22.8. The molecule has 1 aliphatic carbocycles. The average Bonchev–Trinajstić information content (AvgIpc) is 2.57. The number of rotatable bonds is 1. The Labute approximate surface area is 86.8 Å². The number of hydrogen-bond donors (Lipinski definition) is 1. The van der Waals surface area contributed by atoms with E-state index >= 15 is 0 Å². The van der Waals surface area contributed by atoms with Gasteiger partial charge in [-0.1, -0.05) is 0 Å². The van der Waals surface area contributed by atoms with Gasteiger partial charge in [0.2, 0.25) is 6.41 Å². The number of nitrogens with one attached hydrogen (secondary N) is 1. The van der Waals surface area contributed by atoms with Crippen molar-refractivity contribution in [3.05, 3.63) is 22.9 Å². The maximum Gasteiger partial charge on any atom is 0.230 e. The lowest BCUT2D eigenvalue weighted by Gasteiger charge is -2.11. The predicted octanol–water partition coefficient (Wildman–Crippen LogP) is 0.378. The lowest BCUT2D eigenvalue weighted by molar-refractivity contribution is -0.117. The Morgan fingerprint density at radius 2 is 2.40 bits per heavy atom. The van der Waals surface area contributed by atoms with Crippen molar-refractivity contribution in [3.8, 4) is 0 Å². The van der Waals surface area contributed by atoms with Crippen molar-refractivity contribution in [1.82, 2.24) is 10.4 Å². The maximum atomic E-state index is 10.7. The van der Waals surface area contributed by atoms with Gasteiger partial charge in [-0.25, -0.2) is 5.01 Å². The van der Waals surface area contributed by atoms with E-state index in [2.05, 4.69) is 15.6 Å². The summed E-state index contributed by atoms with van der Waals surface area (Å²) in [6, 6.07) is 0. The van der Waals surface area contributed by atoms with E-state index in [0.717, 1.165) is 25.0 Å². The molecule has 1 N–H and O–H groups in total. The summed E-state index contributed by atoms with van der Waals surface area (Å²) in [7, 11) is 0. The minimum Gasteiger partial charge on any atom is -0.285 e. The highest BCUT2D eigenvalue weighted by molar-refractivity contribution is 6.40. The number of hydrazone groups is 2. The minimum absolute atomic E-state index is 0.589. The summed E-state index contributed by atoms with van der Waals surface area (Å²) in [4.78, 5) is 10.7. The van der Waals surface area contributed by atoms with Gasteiger partial charge in [0.1, 0.15) is 5.71 Å². The summed E-state index contributed by atoms with van der Waals surface area (Å²) < 4.78 is 0. The summed E-state index contributed by atoms with van der Waals surface area (Å²) in [5, 5.41) is 9.62. The summed E-state index contributed by atoms with van der Waals surface area (Å²) >= 11 is 0. The van der Waals surface area contributed by atoms with Crippen molar-refractivity contribution in [3.63, 3.8) is 0 Å². The molecule has 5 nitrogen and oxygen atoms in total. The van der Waals surface area contributed by atoms with E-state index in [1.54, 1.807) is 6.21 Å². The third kappa shape index (κ3) is 1.20. The van der Waals surface area contributed by atoms with Crippen molar-refractivity contribution in [2.75, 3.05) is 6.54 Å². The zero-order valence-corrected chi connectivity index (χ0v) is 8.10. The first-order chi connectivity index (χ1) is 7.38. The molecule has 0 spiro atoms. The van der Waals surface area contributed by atoms with E-state index < -0.39 is 0 Å². The maximum absolute atomic E-state index is 10.7. The Hall–Kier alpha value is -1.91. The second kappa shape index (κ2) is 3.05. The van der Waals surface area contributed by atoms with Crippen molar-refractivity contribution in [1.29, 1.82) is 0 Å². The average molecular weight is 202 g/mol. The van der Waals surface area contributed by atoms with Gasteiger partial charge in [-0.15, -0.1) is 0 Å². The molecule has 3 aliphatic rings. The number of amides is 1. The number of carbonyl (C=O) groups excluding carboxylic acids is 1. The predicted molar refractivity (Wildman–Crippen MR) is 56.2 cm³/mol. The Morgan fingerprint density at radius 1 is 1.47 bits per heavy atom. The fourth-order valence-electron chi connectivity index (χ4n) is 2.17. The van der Waals surface area contributed by atoms with Crippen LogP contribution < -0.4 is 5.43 Å². The molecule has 15 heavy (non-hydrogen) atoms. The van der Waals surface area contributed by atoms with Gasteiger partial charge in [-0.3, -0.25) is 10.2 Å². The molecule has 0 bridgehead atoms. The minimum atomic E-state index is 0.589. The van der Waals surface area contributed by atoms with E-state index in [9.17, 15) is 4.79 Å². The Balaban J connectivity index is 2.10. The van der Waals surface area contributed by atoms with E-state index in [4.69, 9.17) is 0 Å². The van der Waals surface area contributed by atoms with Crippen molar-refractivity contribution in [2.24, 2.45) is 10.2 Å². The molecule has 0 saturated heterocycles. The second-order valence-corrected chi connectivity index (χ2v) is 3.72. The van der Waals surface area contributed by atoms with E-state index in [1.165, 1.54) is 21.7 Å². The molecule has 0 atom stereocenters. The van der Waals surface area contributed by atoms with Gasteiger partial charge in [0.05, 0.1) is 12.8 Å². The van der Waals surface area contributed by atoms with Crippen LogP contribution in [0, 0.1) is 0 Å². The SMILES string of the molecule is O=CN1CC2=C3C(=CNN=C3C=N1)CC2. The van der Waals surface area contributed by atoms with Gasteiger partial charge < -0.3 is 0 Å².